The Balaban J connectivity index is 0.00000147. The zero-order valence-corrected chi connectivity index (χ0v) is 13.2. The first-order valence-corrected chi connectivity index (χ1v) is 6.02. The van der Waals surface area contributed by atoms with E-state index in [-0.39, 0.29) is 48.0 Å². The van der Waals surface area contributed by atoms with Gasteiger partial charge in [-0.05, 0) is 24.3 Å². The zero-order chi connectivity index (χ0) is 13.2. The van der Waals surface area contributed by atoms with Crippen molar-refractivity contribution in [2.45, 2.75) is 0 Å². The molecule has 0 atom stereocenters. The second-order valence-corrected chi connectivity index (χ2v) is 4.27. The number of rotatable bonds is 2. The van der Waals surface area contributed by atoms with Crippen LogP contribution in [0.4, 0.5) is 16.2 Å². The number of anilines is 2. The summed E-state index contributed by atoms with van der Waals surface area (Å²) < 4.78 is 0. The number of benzene rings is 2. The minimum absolute atomic E-state index is 0. The van der Waals surface area contributed by atoms with Crippen molar-refractivity contribution >= 4 is 23.3 Å². The molecule has 1 aliphatic rings. The van der Waals surface area contributed by atoms with Gasteiger partial charge in [-0.2, -0.15) is 0 Å². The average Bonchev–Trinajstić information content (AvgIpc) is 2.76. The summed E-state index contributed by atoms with van der Waals surface area (Å²) in [6.45, 7) is 0.0811. The Bertz CT molecular complexity index is 616. The Hall–Kier alpha value is -1.62. The maximum absolute atomic E-state index is 12.3. The van der Waals surface area contributed by atoms with E-state index < -0.39 is 0 Å². The normalized spacial score (nSPS) is 14.4. The monoisotopic (exact) mass is 275 g/mol. The summed E-state index contributed by atoms with van der Waals surface area (Å²) in [5.41, 5.74) is 1.34. The van der Waals surface area contributed by atoms with Gasteiger partial charge >= 0.3 is 35.6 Å². The molecule has 0 saturated carbocycles. The number of para-hydroxylation sites is 2. The van der Waals surface area contributed by atoms with E-state index in [1.807, 2.05) is 36.4 Å². The maximum atomic E-state index is 12.3. The first kappa shape index (κ1) is 14.8. The molecule has 5 heteroatoms. The Labute approximate surface area is 139 Å². The molecule has 94 valence electrons. The predicted molar refractivity (Wildman–Crippen MR) is 73.1 cm³/mol. The van der Waals surface area contributed by atoms with Crippen molar-refractivity contribution in [3.63, 3.8) is 0 Å². The van der Waals surface area contributed by atoms with Crippen molar-refractivity contribution in [3.8, 4) is 0 Å². The topological polar surface area (TPSA) is 40.6 Å². The van der Waals surface area contributed by atoms with Crippen molar-refractivity contribution in [2.75, 3.05) is 16.3 Å². The van der Waals surface area contributed by atoms with Crippen LogP contribution in [0.15, 0.2) is 60.7 Å². The molecule has 3 amide bonds. The molecular weight excluding hydrogens is 263 g/mol. The number of imide groups is 1. The molecule has 3 rings (SSSR count). The number of hydrogen-bond donors (Lipinski definition) is 0. The number of carbonyl (C=O) groups is 2. The van der Waals surface area contributed by atoms with Gasteiger partial charge in [0.1, 0.15) is 6.54 Å². The van der Waals surface area contributed by atoms with Gasteiger partial charge in [-0.25, -0.2) is 9.69 Å². The quantitative estimate of drug-likeness (QED) is 0.556. The summed E-state index contributed by atoms with van der Waals surface area (Å²) in [5.74, 6) is -0.208. The third-order valence-corrected chi connectivity index (χ3v) is 3.05. The summed E-state index contributed by atoms with van der Waals surface area (Å²) in [7, 11) is 0. The summed E-state index contributed by atoms with van der Waals surface area (Å²) in [5, 5.41) is 0. The molecule has 0 aromatic heterocycles. The molecule has 1 saturated heterocycles. The zero-order valence-electron chi connectivity index (χ0n) is 11.2. The summed E-state index contributed by atoms with van der Waals surface area (Å²) in [6.07, 6.45) is 0. The van der Waals surface area contributed by atoms with E-state index in [9.17, 15) is 9.59 Å². The van der Waals surface area contributed by atoms with Gasteiger partial charge in [0.25, 0.3) is 5.91 Å². The third kappa shape index (κ3) is 2.63. The van der Waals surface area contributed by atoms with Gasteiger partial charge in [-0.3, -0.25) is 9.69 Å². The largest absolute Gasteiger partial charge is 1.00 e. The molecule has 1 fully saturated rings. The van der Waals surface area contributed by atoms with Gasteiger partial charge < -0.3 is 0 Å². The van der Waals surface area contributed by atoms with Crippen LogP contribution in [0.25, 0.3) is 0 Å². The standard InChI is InChI=1S/C15H12N2O2.Na/c18-14-11-16(12-7-3-1-4-8-12)15(19)17(14)13-9-5-2-6-10-13;/h1-10H,11H2;/q;+1. The van der Waals surface area contributed by atoms with Gasteiger partial charge in [0.15, 0.2) is 0 Å². The van der Waals surface area contributed by atoms with Crippen molar-refractivity contribution in [1.82, 2.24) is 0 Å². The molecule has 0 unspecified atom stereocenters. The van der Waals surface area contributed by atoms with Crippen LogP contribution >= 0.6 is 0 Å². The number of carbonyl (C=O) groups excluding carboxylic acids is 2. The van der Waals surface area contributed by atoms with Crippen molar-refractivity contribution in [2.24, 2.45) is 0 Å². The molecule has 4 nitrogen and oxygen atoms in total. The molecular formula is C15H12N2NaO2+. The molecule has 2 aromatic carbocycles. The van der Waals surface area contributed by atoms with E-state index in [2.05, 4.69) is 0 Å². The van der Waals surface area contributed by atoms with E-state index in [0.29, 0.717) is 5.69 Å². The first-order chi connectivity index (χ1) is 9.27. The second kappa shape index (κ2) is 6.22. The maximum Gasteiger partial charge on any atom is 1.00 e. The molecule has 0 aliphatic carbocycles. The SMILES string of the molecule is O=C1CN(c2ccccc2)C(=O)N1c1ccccc1.[Na+]. The number of hydrogen-bond acceptors (Lipinski definition) is 2. The van der Waals surface area contributed by atoms with E-state index >= 15 is 0 Å². The Kier molecular flexibility index (Phi) is 4.60. The van der Waals surface area contributed by atoms with Crippen molar-refractivity contribution in [3.05, 3.63) is 60.7 Å². The Morgan fingerprint density at radius 1 is 0.750 bits per heavy atom. The molecule has 1 aliphatic heterocycles. The van der Waals surface area contributed by atoms with Gasteiger partial charge in [0.05, 0.1) is 5.69 Å². The van der Waals surface area contributed by atoms with Gasteiger partial charge in [-0.15, -0.1) is 0 Å². The molecule has 0 N–H and O–H groups in total. The Morgan fingerprint density at radius 3 is 1.80 bits per heavy atom. The summed E-state index contributed by atoms with van der Waals surface area (Å²) >= 11 is 0. The molecule has 0 bridgehead atoms. The van der Waals surface area contributed by atoms with Crippen LogP contribution in [0, 0.1) is 0 Å². The second-order valence-electron chi connectivity index (χ2n) is 4.27. The van der Waals surface area contributed by atoms with Crippen LogP contribution in [0.3, 0.4) is 0 Å². The molecule has 1 heterocycles. The first-order valence-electron chi connectivity index (χ1n) is 6.02. The number of urea groups is 1. The van der Waals surface area contributed by atoms with Gasteiger partial charge in [0, 0.05) is 5.69 Å². The molecule has 2 aromatic rings. The van der Waals surface area contributed by atoms with E-state index in [4.69, 9.17) is 0 Å². The van der Waals surface area contributed by atoms with E-state index in [0.717, 1.165) is 5.69 Å². The van der Waals surface area contributed by atoms with Crippen LogP contribution in [0.1, 0.15) is 0 Å². The van der Waals surface area contributed by atoms with E-state index in [1.54, 1.807) is 24.3 Å². The fraction of sp³-hybridized carbons (Fsp3) is 0.0667. The third-order valence-electron chi connectivity index (χ3n) is 3.05. The van der Waals surface area contributed by atoms with Crippen LogP contribution in [0.5, 0.6) is 0 Å². The van der Waals surface area contributed by atoms with Gasteiger partial charge in [0.2, 0.25) is 0 Å². The smallest absolute Gasteiger partial charge is 0.284 e. The predicted octanol–water partition coefficient (Wildman–Crippen LogP) is -0.336. The average molecular weight is 275 g/mol. The molecule has 20 heavy (non-hydrogen) atoms. The fourth-order valence-electron chi connectivity index (χ4n) is 2.14. The van der Waals surface area contributed by atoms with Crippen LogP contribution in [-0.4, -0.2) is 18.5 Å². The molecule has 0 radical (unpaired) electrons. The van der Waals surface area contributed by atoms with E-state index in [1.165, 1.54) is 9.80 Å². The Morgan fingerprint density at radius 2 is 1.25 bits per heavy atom. The minimum atomic E-state index is -0.303. The number of nitrogens with zero attached hydrogens (tertiary/aromatic N) is 2. The number of amides is 3. The minimum Gasteiger partial charge on any atom is -0.284 e. The van der Waals surface area contributed by atoms with Gasteiger partial charge in [-0.1, -0.05) is 36.4 Å². The van der Waals surface area contributed by atoms with Crippen molar-refractivity contribution < 1.29 is 39.1 Å². The van der Waals surface area contributed by atoms with Crippen LogP contribution in [0.2, 0.25) is 0 Å². The summed E-state index contributed by atoms with van der Waals surface area (Å²) in [4.78, 5) is 27.1. The summed E-state index contributed by atoms with van der Waals surface area (Å²) in [6, 6.07) is 17.9. The van der Waals surface area contributed by atoms with Crippen LogP contribution < -0.4 is 39.4 Å². The van der Waals surface area contributed by atoms with Crippen molar-refractivity contribution in [1.29, 1.82) is 0 Å². The van der Waals surface area contributed by atoms with Crippen LogP contribution in [-0.2, 0) is 4.79 Å². The molecule has 0 spiro atoms. The fourth-order valence-corrected chi connectivity index (χ4v) is 2.14.